The van der Waals surface area contributed by atoms with Gasteiger partial charge in [0.15, 0.2) is 5.65 Å². The van der Waals surface area contributed by atoms with Crippen LogP contribution in [0.3, 0.4) is 0 Å². The predicted molar refractivity (Wildman–Crippen MR) is 99.8 cm³/mol. The van der Waals surface area contributed by atoms with Crippen molar-refractivity contribution in [2.24, 2.45) is 5.92 Å². The Labute approximate surface area is 149 Å². The Morgan fingerprint density at radius 3 is 2.96 bits per heavy atom. The summed E-state index contributed by atoms with van der Waals surface area (Å²) in [6.07, 6.45) is 4.33. The minimum Gasteiger partial charge on any atom is -0.351 e. The second-order valence-corrected chi connectivity index (χ2v) is 7.54. The van der Waals surface area contributed by atoms with Crippen LogP contribution in [-0.2, 0) is 0 Å². The van der Waals surface area contributed by atoms with E-state index in [9.17, 15) is 4.79 Å². The lowest BCUT2D eigenvalue weighted by Gasteiger charge is -2.30. The Bertz CT molecular complexity index is 752. The molecule has 1 amide bonds. The number of aryl methyl sites for hydroxylation is 1. The average Bonchev–Trinajstić information content (AvgIpc) is 2.97. The van der Waals surface area contributed by atoms with E-state index in [4.69, 9.17) is 0 Å². The third-order valence-electron chi connectivity index (χ3n) is 4.88. The highest BCUT2D eigenvalue weighted by molar-refractivity contribution is 6.05. The van der Waals surface area contributed by atoms with E-state index < -0.39 is 0 Å². The van der Waals surface area contributed by atoms with Gasteiger partial charge in [0.2, 0.25) is 0 Å². The van der Waals surface area contributed by atoms with Crippen molar-refractivity contribution in [3.63, 3.8) is 0 Å². The van der Waals surface area contributed by atoms with E-state index >= 15 is 0 Å². The molecule has 3 rings (SSSR count). The van der Waals surface area contributed by atoms with Crippen LogP contribution in [0.1, 0.15) is 55.7 Å². The first-order chi connectivity index (χ1) is 12.0. The van der Waals surface area contributed by atoms with Gasteiger partial charge in [-0.2, -0.15) is 5.10 Å². The van der Waals surface area contributed by atoms with Gasteiger partial charge in [-0.15, -0.1) is 0 Å². The smallest absolute Gasteiger partial charge is 0.252 e. The molecule has 1 fully saturated rings. The van der Waals surface area contributed by atoms with E-state index in [-0.39, 0.29) is 11.9 Å². The third kappa shape index (κ3) is 4.00. The maximum atomic E-state index is 12.7. The highest BCUT2D eigenvalue weighted by Gasteiger charge is 2.18. The summed E-state index contributed by atoms with van der Waals surface area (Å²) >= 11 is 0. The fourth-order valence-corrected chi connectivity index (χ4v) is 3.62. The Morgan fingerprint density at radius 2 is 2.24 bits per heavy atom. The standard InChI is InChI=1S/C19H29N5O/c1-13(2)24-18-17(11-21-24)16(10-15(4)22-18)19(25)20-7-9-23-8-5-6-14(3)12-23/h10-11,13-14H,5-9,12H2,1-4H3,(H,20,25)/t14-/m1/s1. The minimum absolute atomic E-state index is 0.0381. The van der Waals surface area contributed by atoms with Gasteiger partial charge in [-0.1, -0.05) is 6.92 Å². The number of likely N-dealkylation sites (tertiary alicyclic amines) is 1. The molecule has 0 aliphatic carbocycles. The molecule has 0 spiro atoms. The SMILES string of the molecule is Cc1cc(C(=O)NCCN2CCC[C@@H](C)C2)c2cnn(C(C)C)c2n1. The summed E-state index contributed by atoms with van der Waals surface area (Å²) in [4.78, 5) is 19.7. The van der Waals surface area contributed by atoms with Crippen molar-refractivity contribution in [1.29, 1.82) is 0 Å². The molecule has 3 heterocycles. The highest BCUT2D eigenvalue weighted by atomic mass is 16.1. The van der Waals surface area contributed by atoms with Crippen LogP contribution in [0, 0.1) is 12.8 Å². The fraction of sp³-hybridized carbons (Fsp3) is 0.632. The van der Waals surface area contributed by atoms with Crippen LogP contribution in [0.15, 0.2) is 12.3 Å². The lowest BCUT2D eigenvalue weighted by atomic mass is 10.0. The molecular formula is C19H29N5O. The lowest BCUT2D eigenvalue weighted by molar-refractivity contribution is 0.0945. The summed E-state index contributed by atoms with van der Waals surface area (Å²) in [5.41, 5.74) is 2.29. The molecule has 0 saturated carbocycles. The average molecular weight is 343 g/mol. The molecule has 0 radical (unpaired) electrons. The summed E-state index contributed by atoms with van der Waals surface area (Å²) in [6, 6.07) is 2.07. The van der Waals surface area contributed by atoms with E-state index in [1.165, 1.54) is 12.8 Å². The van der Waals surface area contributed by atoms with E-state index in [0.29, 0.717) is 12.1 Å². The minimum atomic E-state index is -0.0381. The number of nitrogens with one attached hydrogen (secondary N) is 1. The number of amides is 1. The van der Waals surface area contributed by atoms with Gasteiger partial charge in [-0.05, 0) is 52.1 Å². The number of fused-ring (bicyclic) bond motifs is 1. The number of carbonyl (C=O) groups excluding carboxylic acids is 1. The summed E-state index contributed by atoms with van der Waals surface area (Å²) in [6.45, 7) is 12.2. The van der Waals surface area contributed by atoms with Crippen LogP contribution >= 0.6 is 0 Å². The molecule has 2 aromatic heterocycles. The summed E-state index contributed by atoms with van der Waals surface area (Å²) in [5, 5.41) is 8.30. The molecule has 0 bridgehead atoms. The van der Waals surface area contributed by atoms with Crippen LogP contribution in [-0.4, -0.2) is 51.8 Å². The van der Waals surface area contributed by atoms with E-state index in [1.54, 1.807) is 6.20 Å². The molecule has 6 heteroatoms. The topological polar surface area (TPSA) is 63.1 Å². The Balaban J connectivity index is 1.69. The number of aromatic nitrogens is 3. The third-order valence-corrected chi connectivity index (χ3v) is 4.88. The zero-order valence-electron chi connectivity index (χ0n) is 15.7. The van der Waals surface area contributed by atoms with E-state index in [2.05, 4.69) is 41.1 Å². The molecule has 6 nitrogen and oxygen atoms in total. The highest BCUT2D eigenvalue weighted by Crippen LogP contribution is 2.21. The number of hydrogen-bond donors (Lipinski definition) is 1. The van der Waals surface area contributed by atoms with Crippen molar-refractivity contribution < 1.29 is 4.79 Å². The quantitative estimate of drug-likeness (QED) is 0.907. The molecule has 1 aliphatic rings. The molecule has 0 unspecified atom stereocenters. The maximum absolute atomic E-state index is 12.7. The van der Waals surface area contributed by atoms with Crippen molar-refractivity contribution in [3.05, 3.63) is 23.5 Å². The van der Waals surface area contributed by atoms with Crippen LogP contribution < -0.4 is 5.32 Å². The van der Waals surface area contributed by atoms with E-state index in [0.717, 1.165) is 42.3 Å². The van der Waals surface area contributed by atoms with Crippen molar-refractivity contribution in [3.8, 4) is 0 Å². The van der Waals surface area contributed by atoms with Gasteiger partial charge >= 0.3 is 0 Å². The fourth-order valence-electron chi connectivity index (χ4n) is 3.62. The monoisotopic (exact) mass is 343 g/mol. The van der Waals surface area contributed by atoms with Gasteiger partial charge in [-0.25, -0.2) is 9.67 Å². The Kier molecular flexibility index (Phi) is 5.37. The van der Waals surface area contributed by atoms with Crippen LogP contribution in [0.25, 0.3) is 11.0 Å². The number of carbonyl (C=O) groups is 1. The van der Waals surface area contributed by atoms with Crippen molar-refractivity contribution in [2.75, 3.05) is 26.2 Å². The van der Waals surface area contributed by atoms with Crippen LogP contribution in [0.4, 0.5) is 0 Å². The second kappa shape index (κ2) is 7.52. The molecule has 25 heavy (non-hydrogen) atoms. The molecule has 1 N–H and O–H groups in total. The summed E-state index contributed by atoms with van der Waals surface area (Å²) < 4.78 is 1.87. The number of rotatable bonds is 5. The molecule has 1 saturated heterocycles. The van der Waals surface area contributed by atoms with Gasteiger partial charge in [0, 0.05) is 31.4 Å². The summed E-state index contributed by atoms with van der Waals surface area (Å²) in [7, 11) is 0. The number of piperidine rings is 1. The first-order valence-electron chi connectivity index (χ1n) is 9.31. The zero-order valence-corrected chi connectivity index (χ0v) is 15.7. The largest absolute Gasteiger partial charge is 0.351 e. The van der Waals surface area contributed by atoms with Gasteiger partial charge in [0.1, 0.15) is 0 Å². The van der Waals surface area contributed by atoms with Crippen molar-refractivity contribution in [2.45, 2.75) is 46.6 Å². The van der Waals surface area contributed by atoms with Gasteiger partial charge in [0.05, 0.1) is 17.1 Å². The Hall–Kier alpha value is -1.95. The van der Waals surface area contributed by atoms with Crippen LogP contribution in [0.5, 0.6) is 0 Å². The summed E-state index contributed by atoms with van der Waals surface area (Å²) in [5.74, 6) is 0.720. The molecule has 2 aromatic rings. The molecule has 0 aromatic carbocycles. The first-order valence-corrected chi connectivity index (χ1v) is 9.31. The van der Waals surface area contributed by atoms with Crippen molar-refractivity contribution >= 4 is 16.9 Å². The molecule has 136 valence electrons. The zero-order chi connectivity index (χ0) is 18.0. The lowest BCUT2D eigenvalue weighted by Crippen LogP contribution is -2.40. The predicted octanol–water partition coefficient (Wildman–Crippen LogP) is 2.78. The first kappa shape index (κ1) is 17.9. The van der Waals surface area contributed by atoms with E-state index in [1.807, 2.05) is 17.7 Å². The number of nitrogens with zero attached hydrogens (tertiary/aromatic N) is 4. The van der Waals surface area contributed by atoms with Gasteiger partial charge < -0.3 is 10.2 Å². The maximum Gasteiger partial charge on any atom is 0.252 e. The molecule has 1 atom stereocenters. The Morgan fingerprint density at radius 1 is 1.44 bits per heavy atom. The van der Waals surface area contributed by atoms with Gasteiger partial charge in [0.25, 0.3) is 5.91 Å². The van der Waals surface area contributed by atoms with Crippen molar-refractivity contribution in [1.82, 2.24) is 25.0 Å². The number of pyridine rings is 1. The molecule has 1 aliphatic heterocycles. The van der Waals surface area contributed by atoms with Crippen LogP contribution in [0.2, 0.25) is 0 Å². The second-order valence-electron chi connectivity index (χ2n) is 7.54. The normalized spacial score (nSPS) is 18.8. The molecular weight excluding hydrogens is 314 g/mol. The number of hydrogen-bond acceptors (Lipinski definition) is 4. The van der Waals surface area contributed by atoms with Gasteiger partial charge in [-0.3, -0.25) is 4.79 Å².